The second kappa shape index (κ2) is 9.27. The lowest BCUT2D eigenvalue weighted by molar-refractivity contribution is -0.137. The Morgan fingerprint density at radius 3 is 2.61 bits per heavy atom. The molecule has 7 nitrogen and oxygen atoms in total. The fourth-order valence-corrected chi connectivity index (χ4v) is 3.45. The van der Waals surface area contributed by atoms with Crippen LogP contribution >= 0.6 is 0 Å². The molecule has 3 heterocycles. The zero-order valence-electron chi connectivity index (χ0n) is 17.7. The van der Waals surface area contributed by atoms with Crippen molar-refractivity contribution in [1.82, 2.24) is 25.1 Å². The number of carbonyl (C=O) groups is 1. The van der Waals surface area contributed by atoms with Gasteiger partial charge in [0.1, 0.15) is 5.82 Å². The molecule has 33 heavy (non-hydrogen) atoms. The van der Waals surface area contributed by atoms with Crippen molar-refractivity contribution in [2.75, 3.05) is 18.4 Å². The first-order valence-corrected chi connectivity index (χ1v) is 10.3. The minimum absolute atomic E-state index is 0.0693. The number of fused-ring (bicyclic) bond motifs is 1. The van der Waals surface area contributed by atoms with Crippen LogP contribution in [-0.4, -0.2) is 38.7 Å². The average molecular weight is 454 g/mol. The van der Waals surface area contributed by atoms with Gasteiger partial charge >= 0.3 is 6.18 Å². The predicted molar refractivity (Wildman–Crippen MR) is 119 cm³/mol. The number of carbonyl (C=O) groups excluding carboxylic acids is 1. The van der Waals surface area contributed by atoms with Crippen LogP contribution in [0.1, 0.15) is 22.8 Å². The number of amides is 1. The van der Waals surface area contributed by atoms with E-state index in [2.05, 4.69) is 25.7 Å². The highest BCUT2D eigenvalue weighted by atomic mass is 19.4. The fraction of sp³-hybridized carbons (Fsp3) is 0.217. The number of benzene rings is 1. The molecule has 0 bridgehead atoms. The highest BCUT2D eigenvalue weighted by Gasteiger charge is 2.33. The summed E-state index contributed by atoms with van der Waals surface area (Å²) in [5.74, 6) is -0.643. The Bertz CT molecular complexity index is 1270. The fourth-order valence-electron chi connectivity index (χ4n) is 3.45. The SMILES string of the molecule is CCn1ncc2c(C(=O)NCCNc3ncccc3C(F)(F)F)cc(-c3ccccc3)nc21. The topological polar surface area (TPSA) is 84.7 Å². The molecule has 4 aromatic rings. The van der Waals surface area contributed by atoms with E-state index in [0.29, 0.717) is 28.8 Å². The predicted octanol–water partition coefficient (Wildman–Crippen LogP) is 4.37. The number of aryl methyl sites for hydroxylation is 1. The first-order chi connectivity index (χ1) is 15.9. The monoisotopic (exact) mass is 454 g/mol. The van der Waals surface area contributed by atoms with Crippen molar-refractivity contribution in [2.45, 2.75) is 19.6 Å². The van der Waals surface area contributed by atoms with Crippen molar-refractivity contribution in [3.05, 3.63) is 72.1 Å². The summed E-state index contributed by atoms with van der Waals surface area (Å²) in [4.78, 5) is 21.4. The van der Waals surface area contributed by atoms with E-state index in [0.717, 1.165) is 11.6 Å². The molecule has 1 aromatic carbocycles. The highest BCUT2D eigenvalue weighted by molar-refractivity contribution is 6.06. The number of hydrogen-bond donors (Lipinski definition) is 2. The van der Waals surface area contributed by atoms with Crippen LogP contribution in [0.3, 0.4) is 0 Å². The third kappa shape index (κ3) is 4.79. The van der Waals surface area contributed by atoms with Crippen LogP contribution in [0.2, 0.25) is 0 Å². The number of anilines is 1. The van der Waals surface area contributed by atoms with Crippen molar-refractivity contribution in [3.8, 4) is 11.3 Å². The van der Waals surface area contributed by atoms with Crippen LogP contribution in [-0.2, 0) is 12.7 Å². The lowest BCUT2D eigenvalue weighted by atomic mass is 10.1. The maximum atomic E-state index is 13.1. The van der Waals surface area contributed by atoms with Crippen LogP contribution < -0.4 is 10.6 Å². The van der Waals surface area contributed by atoms with E-state index in [-0.39, 0.29) is 24.8 Å². The van der Waals surface area contributed by atoms with E-state index in [1.165, 1.54) is 12.3 Å². The third-order valence-corrected chi connectivity index (χ3v) is 5.04. The van der Waals surface area contributed by atoms with Gasteiger partial charge in [-0.15, -0.1) is 0 Å². The molecule has 0 aliphatic heterocycles. The summed E-state index contributed by atoms with van der Waals surface area (Å²) < 4.78 is 41.0. The smallest absolute Gasteiger partial charge is 0.368 e. The number of nitrogens with one attached hydrogen (secondary N) is 2. The summed E-state index contributed by atoms with van der Waals surface area (Å²) >= 11 is 0. The number of halogens is 3. The molecular weight excluding hydrogens is 433 g/mol. The Morgan fingerprint density at radius 2 is 1.88 bits per heavy atom. The number of aromatic nitrogens is 4. The molecule has 0 aliphatic rings. The second-order valence-electron chi connectivity index (χ2n) is 7.20. The van der Waals surface area contributed by atoms with Crippen LogP contribution in [0.25, 0.3) is 22.3 Å². The van der Waals surface area contributed by atoms with Gasteiger partial charge in [-0.05, 0) is 25.1 Å². The molecule has 0 atom stereocenters. The van der Waals surface area contributed by atoms with Gasteiger partial charge in [-0.3, -0.25) is 4.79 Å². The third-order valence-electron chi connectivity index (χ3n) is 5.04. The molecule has 4 rings (SSSR count). The number of hydrogen-bond acceptors (Lipinski definition) is 5. The van der Waals surface area contributed by atoms with E-state index in [4.69, 9.17) is 0 Å². The summed E-state index contributed by atoms with van der Waals surface area (Å²) in [6.07, 6.45) is -1.65. The number of nitrogens with zero attached hydrogens (tertiary/aromatic N) is 4. The maximum absolute atomic E-state index is 13.1. The van der Waals surface area contributed by atoms with Gasteiger partial charge in [-0.2, -0.15) is 18.3 Å². The first-order valence-electron chi connectivity index (χ1n) is 10.3. The standard InChI is InChI=1S/C23H21F3N6O/c1-2-32-21-17(14-30-32)16(13-19(31-21)15-7-4-3-5-8-15)22(33)29-12-11-28-20-18(23(24,25)26)9-6-10-27-20/h3-10,13-14H,2,11-12H2,1H3,(H,27,28)(H,29,33). The molecule has 0 aliphatic carbocycles. The molecule has 0 saturated heterocycles. The minimum Gasteiger partial charge on any atom is -0.368 e. The average Bonchev–Trinajstić information content (AvgIpc) is 3.24. The summed E-state index contributed by atoms with van der Waals surface area (Å²) in [6, 6.07) is 13.3. The molecule has 0 saturated carbocycles. The van der Waals surface area contributed by atoms with E-state index < -0.39 is 11.7 Å². The van der Waals surface area contributed by atoms with E-state index in [9.17, 15) is 18.0 Å². The van der Waals surface area contributed by atoms with Crippen molar-refractivity contribution < 1.29 is 18.0 Å². The zero-order chi connectivity index (χ0) is 23.4. The van der Waals surface area contributed by atoms with Gasteiger partial charge in [0, 0.05) is 31.4 Å². The van der Waals surface area contributed by atoms with Crippen molar-refractivity contribution in [2.24, 2.45) is 0 Å². The van der Waals surface area contributed by atoms with Crippen LogP contribution in [0.5, 0.6) is 0 Å². The number of rotatable bonds is 7. The van der Waals surface area contributed by atoms with Crippen molar-refractivity contribution in [3.63, 3.8) is 0 Å². The molecule has 0 unspecified atom stereocenters. The van der Waals surface area contributed by atoms with Crippen molar-refractivity contribution in [1.29, 1.82) is 0 Å². The Labute approximate surface area is 187 Å². The Morgan fingerprint density at radius 1 is 1.09 bits per heavy atom. The Kier molecular flexibility index (Phi) is 6.25. The Hall–Kier alpha value is -3.95. The normalized spacial score (nSPS) is 11.5. The number of alkyl halides is 3. The molecule has 170 valence electrons. The van der Waals surface area contributed by atoms with Gasteiger partial charge in [-0.25, -0.2) is 14.6 Å². The van der Waals surface area contributed by atoms with Gasteiger partial charge in [0.25, 0.3) is 5.91 Å². The molecule has 3 aromatic heterocycles. The summed E-state index contributed by atoms with van der Waals surface area (Å²) in [7, 11) is 0. The Balaban J connectivity index is 1.52. The van der Waals surface area contributed by atoms with Crippen LogP contribution in [0.4, 0.5) is 19.0 Å². The summed E-state index contributed by atoms with van der Waals surface area (Å²) in [5, 5.41) is 10.3. The minimum atomic E-state index is -4.52. The van der Waals surface area contributed by atoms with Gasteiger partial charge in [0.2, 0.25) is 0 Å². The van der Waals surface area contributed by atoms with Gasteiger partial charge < -0.3 is 10.6 Å². The zero-order valence-corrected chi connectivity index (χ0v) is 17.7. The maximum Gasteiger partial charge on any atom is 0.419 e. The lowest BCUT2D eigenvalue weighted by Gasteiger charge is -2.13. The second-order valence-corrected chi connectivity index (χ2v) is 7.20. The molecule has 0 fully saturated rings. The largest absolute Gasteiger partial charge is 0.419 e. The van der Waals surface area contributed by atoms with E-state index >= 15 is 0 Å². The van der Waals surface area contributed by atoms with E-state index in [1.807, 2.05) is 37.3 Å². The van der Waals surface area contributed by atoms with Gasteiger partial charge in [0.15, 0.2) is 5.65 Å². The quantitative estimate of drug-likeness (QED) is 0.405. The van der Waals surface area contributed by atoms with Gasteiger partial charge in [-0.1, -0.05) is 30.3 Å². The molecule has 0 spiro atoms. The molecule has 0 radical (unpaired) electrons. The molecular formula is C23H21F3N6O. The molecule has 1 amide bonds. The summed E-state index contributed by atoms with van der Waals surface area (Å²) in [6.45, 7) is 2.69. The number of pyridine rings is 2. The van der Waals surface area contributed by atoms with Crippen LogP contribution in [0, 0.1) is 0 Å². The lowest BCUT2D eigenvalue weighted by Crippen LogP contribution is -2.29. The van der Waals surface area contributed by atoms with Gasteiger partial charge in [0.05, 0.1) is 28.4 Å². The first kappa shape index (κ1) is 22.3. The van der Waals surface area contributed by atoms with E-state index in [1.54, 1.807) is 16.9 Å². The molecule has 10 heteroatoms. The molecule has 2 N–H and O–H groups in total. The van der Waals surface area contributed by atoms with Crippen molar-refractivity contribution >= 4 is 22.8 Å². The van der Waals surface area contributed by atoms with Crippen LogP contribution in [0.15, 0.2) is 60.9 Å². The summed E-state index contributed by atoms with van der Waals surface area (Å²) in [5.41, 5.74) is 1.61. The highest BCUT2D eigenvalue weighted by Crippen LogP contribution is 2.33.